The molecule has 2 rings (SSSR count). The molecule has 1 aliphatic heterocycles. The van der Waals surface area contributed by atoms with E-state index in [0.717, 1.165) is 38.8 Å². The Hall–Kier alpha value is -0.580. The number of nitrogens with one attached hydrogen (secondary N) is 2. The second-order valence-corrected chi connectivity index (χ2v) is 6.60. The van der Waals surface area contributed by atoms with Gasteiger partial charge in [-0.05, 0) is 36.8 Å². The Kier molecular flexibility index (Phi) is 8.30. The molecule has 0 bridgehead atoms. The fourth-order valence-electron chi connectivity index (χ4n) is 3.00. The van der Waals surface area contributed by atoms with Crippen LogP contribution in [-0.2, 0) is 4.79 Å². The Bertz CT molecular complexity index is 400. The SMILES string of the molecule is CCC(CC)C(NC(=O)C1CCCNC1)c1cccs1.Cl. The summed E-state index contributed by atoms with van der Waals surface area (Å²) in [5, 5.41) is 8.74. The van der Waals surface area contributed by atoms with E-state index in [4.69, 9.17) is 0 Å². The Morgan fingerprint density at radius 1 is 1.48 bits per heavy atom. The lowest BCUT2D eigenvalue weighted by Gasteiger charge is -2.29. The predicted molar refractivity (Wildman–Crippen MR) is 92.1 cm³/mol. The zero-order chi connectivity index (χ0) is 14.4. The minimum atomic E-state index is 0. The van der Waals surface area contributed by atoms with Crippen molar-refractivity contribution < 1.29 is 4.79 Å². The van der Waals surface area contributed by atoms with Crippen LogP contribution in [0, 0.1) is 11.8 Å². The lowest BCUT2D eigenvalue weighted by molar-refractivity contribution is -0.126. The number of hydrogen-bond donors (Lipinski definition) is 2. The number of hydrogen-bond acceptors (Lipinski definition) is 3. The van der Waals surface area contributed by atoms with Gasteiger partial charge in [-0.15, -0.1) is 23.7 Å². The van der Waals surface area contributed by atoms with Crippen LogP contribution >= 0.6 is 23.7 Å². The van der Waals surface area contributed by atoms with Gasteiger partial charge in [0, 0.05) is 11.4 Å². The fraction of sp³-hybridized carbons (Fsp3) is 0.688. The van der Waals surface area contributed by atoms with Crippen LogP contribution in [0.3, 0.4) is 0 Å². The van der Waals surface area contributed by atoms with Crippen molar-refractivity contribution in [2.45, 2.75) is 45.6 Å². The molecule has 1 aromatic heterocycles. The van der Waals surface area contributed by atoms with Crippen molar-refractivity contribution in [1.82, 2.24) is 10.6 Å². The lowest BCUT2D eigenvalue weighted by atomic mass is 9.91. The third-order valence-electron chi connectivity index (χ3n) is 4.34. The quantitative estimate of drug-likeness (QED) is 0.833. The van der Waals surface area contributed by atoms with Crippen LogP contribution in [0.1, 0.15) is 50.4 Å². The van der Waals surface area contributed by atoms with Gasteiger partial charge in [0.1, 0.15) is 0 Å². The molecule has 1 fully saturated rings. The highest BCUT2D eigenvalue weighted by Gasteiger charge is 2.27. The van der Waals surface area contributed by atoms with E-state index < -0.39 is 0 Å². The summed E-state index contributed by atoms with van der Waals surface area (Å²) in [4.78, 5) is 13.8. The smallest absolute Gasteiger partial charge is 0.224 e. The van der Waals surface area contributed by atoms with Crippen molar-refractivity contribution in [2.75, 3.05) is 13.1 Å². The van der Waals surface area contributed by atoms with Gasteiger partial charge in [0.25, 0.3) is 0 Å². The van der Waals surface area contributed by atoms with E-state index in [9.17, 15) is 4.79 Å². The van der Waals surface area contributed by atoms with Gasteiger partial charge < -0.3 is 10.6 Å². The summed E-state index contributed by atoms with van der Waals surface area (Å²) in [5.74, 6) is 0.886. The van der Waals surface area contributed by atoms with Crippen LogP contribution in [0.4, 0.5) is 0 Å². The van der Waals surface area contributed by atoms with Gasteiger partial charge in [-0.1, -0.05) is 32.8 Å². The van der Waals surface area contributed by atoms with E-state index in [1.165, 1.54) is 4.88 Å². The van der Waals surface area contributed by atoms with Crippen LogP contribution < -0.4 is 10.6 Å². The number of amides is 1. The Morgan fingerprint density at radius 3 is 2.76 bits per heavy atom. The van der Waals surface area contributed by atoms with Gasteiger partial charge in [-0.25, -0.2) is 0 Å². The zero-order valence-electron chi connectivity index (χ0n) is 12.9. The minimum Gasteiger partial charge on any atom is -0.348 e. The van der Waals surface area contributed by atoms with Gasteiger partial charge >= 0.3 is 0 Å². The molecule has 1 saturated heterocycles. The molecule has 0 aromatic carbocycles. The van der Waals surface area contributed by atoms with Crippen molar-refractivity contribution in [2.24, 2.45) is 11.8 Å². The van der Waals surface area contributed by atoms with Crippen LogP contribution in [0.2, 0.25) is 0 Å². The normalized spacial score (nSPS) is 19.9. The van der Waals surface area contributed by atoms with Gasteiger partial charge in [-0.2, -0.15) is 0 Å². The molecular weight excluding hydrogens is 304 g/mol. The Labute approximate surface area is 138 Å². The summed E-state index contributed by atoms with van der Waals surface area (Å²) in [5.41, 5.74) is 0. The van der Waals surface area contributed by atoms with E-state index in [0.29, 0.717) is 5.92 Å². The molecule has 1 aromatic rings. The zero-order valence-corrected chi connectivity index (χ0v) is 14.6. The summed E-state index contributed by atoms with van der Waals surface area (Å²) in [6.07, 6.45) is 4.32. The highest BCUT2D eigenvalue weighted by molar-refractivity contribution is 7.10. The summed E-state index contributed by atoms with van der Waals surface area (Å²) in [7, 11) is 0. The summed E-state index contributed by atoms with van der Waals surface area (Å²) in [6, 6.07) is 4.40. The molecule has 120 valence electrons. The molecule has 0 spiro atoms. The number of rotatable bonds is 6. The van der Waals surface area contributed by atoms with E-state index >= 15 is 0 Å². The molecule has 3 nitrogen and oxygen atoms in total. The molecule has 5 heteroatoms. The standard InChI is InChI=1S/C16H26N2OS.ClH/c1-3-12(4-2)15(14-8-6-10-20-14)18-16(19)13-7-5-9-17-11-13;/h6,8,10,12-13,15,17H,3-5,7,9,11H2,1-2H3,(H,18,19);1H. The Balaban J connectivity index is 0.00000220. The molecule has 1 aliphatic rings. The maximum atomic E-state index is 12.5. The summed E-state index contributed by atoms with van der Waals surface area (Å²) in [6.45, 7) is 6.29. The molecule has 0 aliphatic carbocycles. The topological polar surface area (TPSA) is 41.1 Å². The largest absolute Gasteiger partial charge is 0.348 e. The minimum absolute atomic E-state index is 0. The first-order valence-electron chi connectivity index (χ1n) is 7.80. The summed E-state index contributed by atoms with van der Waals surface area (Å²) < 4.78 is 0. The maximum Gasteiger partial charge on any atom is 0.224 e. The van der Waals surface area contributed by atoms with Crippen molar-refractivity contribution in [1.29, 1.82) is 0 Å². The first kappa shape index (κ1) is 18.5. The number of carbonyl (C=O) groups excluding carboxylic acids is 1. The third-order valence-corrected chi connectivity index (χ3v) is 5.29. The van der Waals surface area contributed by atoms with Gasteiger partial charge in [0.15, 0.2) is 0 Å². The van der Waals surface area contributed by atoms with Crippen molar-refractivity contribution in [3.05, 3.63) is 22.4 Å². The third kappa shape index (κ3) is 4.97. The monoisotopic (exact) mass is 330 g/mol. The van der Waals surface area contributed by atoms with E-state index in [2.05, 4.69) is 42.0 Å². The van der Waals surface area contributed by atoms with Crippen LogP contribution in [0.15, 0.2) is 17.5 Å². The average molecular weight is 331 g/mol. The van der Waals surface area contributed by atoms with Crippen LogP contribution in [0.25, 0.3) is 0 Å². The van der Waals surface area contributed by atoms with Crippen molar-refractivity contribution in [3.63, 3.8) is 0 Å². The first-order valence-corrected chi connectivity index (χ1v) is 8.68. The number of carbonyl (C=O) groups is 1. The second kappa shape index (κ2) is 9.44. The van der Waals surface area contributed by atoms with Crippen LogP contribution in [0.5, 0.6) is 0 Å². The molecule has 2 unspecified atom stereocenters. The van der Waals surface area contributed by atoms with Crippen LogP contribution in [-0.4, -0.2) is 19.0 Å². The number of piperidine rings is 1. The number of thiophene rings is 1. The number of halogens is 1. The molecular formula is C16H27ClN2OS. The van der Waals surface area contributed by atoms with E-state index in [-0.39, 0.29) is 30.3 Å². The highest BCUT2D eigenvalue weighted by atomic mass is 35.5. The lowest BCUT2D eigenvalue weighted by Crippen LogP contribution is -2.43. The molecule has 2 atom stereocenters. The van der Waals surface area contributed by atoms with Gasteiger partial charge in [-0.3, -0.25) is 4.79 Å². The van der Waals surface area contributed by atoms with Crippen molar-refractivity contribution in [3.8, 4) is 0 Å². The van der Waals surface area contributed by atoms with Gasteiger partial charge in [0.2, 0.25) is 5.91 Å². The van der Waals surface area contributed by atoms with Gasteiger partial charge in [0.05, 0.1) is 12.0 Å². The van der Waals surface area contributed by atoms with E-state index in [1.54, 1.807) is 11.3 Å². The average Bonchev–Trinajstić information content (AvgIpc) is 3.02. The summed E-state index contributed by atoms with van der Waals surface area (Å²) >= 11 is 1.75. The molecule has 2 heterocycles. The highest BCUT2D eigenvalue weighted by Crippen LogP contribution is 2.31. The van der Waals surface area contributed by atoms with Crippen molar-refractivity contribution >= 4 is 29.7 Å². The maximum absolute atomic E-state index is 12.5. The fourth-order valence-corrected chi connectivity index (χ4v) is 3.87. The predicted octanol–water partition coefficient (Wildman–Crippen LogP) is 3.76. The molecule has 21 heavy (non-hydrogen) atoms. The molecule has 0 radical (unpaired) electrons. The van der Waals surface area contributed by atoms with E-state index in [1.807, 2.05) is 0 Å². The molecule has 1 amide bonds. The molecule has 0 saturated carbocycles. The second-order valence-electron chi connectivity index (χ2n) is 5.62. The molecule has 2 N–H and O–H groups in total. The Morgan fingerprint density at radius 2 is 2.24 bits per heavy atom. The first-order chi connectivity index (χ1) is 9.76.